The Bertz CT molecular complexity index is 479. The monoisotopic (exact) mass is 222 g/mol. The first kappa shape index (κ1) is 10.1. The predicted octanol–water partition coefficient (Wildman–Crippen LogP) is 3.05. The van der Waals surface area contributed by atoms with Crippen LogP contribution in [0.4, 0.5) is 0 Å². The molecule has 2 rings (SSSR count). The fourth-order valence-corrected chi connectivity index (χ4v) is 1.62. The minimum Gasteiger partial charge on any atom is -0.497 e. The summed E-state index contributed by atoms with van der Waals surface area (Å²) in [5.41, 5.74) is 1.89. The zero-order valence-corrected chi connectivity index (χ0v) is 9.30. The molecule has 2 aromatic rings. The molecule has 0 radical (unpaired) electrons. The molecule has 1 N–H and O–H groups in total. The number of hydrogen-bond acceptors (Lipinski definition) is 2. The number of H-pyrrole nitrogens is 1. The summed E-state index contributed by atoms with van der Waals surface area (Å²) in [5.74, 6) is 1.52. The van der Waals surface area contributed by atoms with Crippen LogP contribution in [0.3, 0.4) is 0 Å². The zero-order valence-electron chi connectivity index (χ0n) is 8.54. The Morgan fingerprint density at radius 3 is 2.73 bits per heavy atom. The molecule has 3 nitrogen and oxygen atoms in total. The van der Waals surface area contributed by atoms with Gasteiger partial charge in [-0.3, -0.25) is 0 Å². The molecular weight excluding hydrogens is 212 g/mol. The van der Waals surface area contributed by atoms with E-state index in [-0.39, 0.29) is 0 Å². The van der Waals surface area contributed by atoms with E-state index in [2.05, 4.69) is 9.97 Å². The van der Waals surface area contributed by atoms with Crippen LogP contribution in [0.25, 0.3) is 11.4 Å². The molecule has 0 saturated heterocycles. The number of aromatic amines is 1. The van der Waals surface area contributed by atoms with Crippen molar-refractivity contribution in [2.45, 2.75) is 6.92 Å². The number of nitrogens with one attached hydrogen (secondary N) is 1. The molecule has 1 aromatic heterocycles. The second kappa shape index (κ2) is 3.95. The number of methoxy groups -OCH3 is 1. The lowest BCUT2D eigenvalue weighted by Gasteiger charge is -2.03. The number of aromatic nitrogens is 2. The first-order valence-corrected chi connectivity index (χ1v) is 4.94. The molecule has 1 aromatic carbocycles. The maximum atomic E-state index is 6.11. The van der Waals surface area contributed by atoms with Crippen LogP contribution in [-0.2, 0) is 0 Å². The van der Waals surface area contributed by atoms with Crippen LogP contribution in [0.5, 0.6) is 5.75 Å². The molecule has 0 fully saturated rings. The van der Waals surface area contributed by atoms with Gasteiger partial charge in [0.2, 0.25) is 0 Å². The zero-order chi connectivity index (χ0) is 10.8. The van der Waals surface area contributed by atoms with Gasteiger partial charge in [-0.15, -0.1) is 0 Å². The number of benzene rings is 1. The van der Waals surface area contributed by atoms with E-state index in [1.54, 1.807) is 19.4 Å². The first-order chi connectivity index (χ1) is 7.20. The van der Waals surface area contributed by atoms with Gasteiger partial charge in [0.25, 0.3) is 0 Å². The highest BCUT2D eigenvalue weighted by Crippen LogP contribution is 2.29. The molecule has 4 heteroatoms. The van der Waals surface area contributed by atoms with Crippen molar-refractivity contribution in [2.24, 2.45) is 0 Å². The van der Waals surface area contributed by atoms with E-state index < -0.39 is 0 Å². The SMILES string of the molecule is COc1ccc(-c2ncc(C)[nH]2)c(Cl)c1. The Labute approximate surface area is 93.1 Å². The van der Waals surface area contributed by atoms with Crippen LogP contribution in [0.15, 0.2) is 24.4 Å². The number of ether oxygens (including phenoxy) is 1. The average Bonchev–Trinajstić information content (AvgIpc) is 2.64. The van der Waals surface area contributed by atoms with Gasteiger partial charge in [-0.1, -0.05) is 11.6 Å². The molecule has 0 aliphatic heterocycles. The van der Waals surface area contributed by atoms with Crippen LogP contribution < -0.4 is 4.74 Å². The van der Waals surface area contributed by atoms with Crippen LogP contribution in [-0.4, -0.2) is 17.1 Å². The summed E-state index contributed by atoms with van der Waals surface area (Å²) in [6, 6.07) is 5.52. The third-order valence-corrected chi connectivity index (χ3v) is 2.45. The quantitative estimate of drug-likeness (QED) is 0.848. The third-order valence-electron chi connectivity index (χ3n) is 2.13. The van der Waals surface area contributed by atoms with Crippen molar-refractivity contribution in [3.8, 4) is 17.1 Å². The van der Waals surface area contributed by atoms with E-state index in [1.807, 2.05) is 19.1 Å². The number of aryl methyl sites for hydroxylation is 1. The van der Waals surface area contributed by atoms with E-state index >= 15 is 0 Å². The van der Waals surface area contributed by atoms with Gasteiger partial charge in [0, 0.05) is 17.5 Å². The van der Waals surface area contributed by atoms with Gasteiger partial charge < -0.3 is 9.72 Å². The number of rotatable bonds is 2. The third kappa shape index (κ3) is 1.97. The molecule has 0 bridgehead atoms. The van der Waals surface area contributed by atoms with Crippen molar-refractivity contribution < 1.29 is 4.74 Å². The summed E-state index contributed by atoms with van der Waals surface area (Å²) < 4.78 is 5.08. The number of nitrogens with zero attached hydrogens (tertiary/aromatic N) is 1. The van der Waals surface area contributed by atoms with Gasteiger partial charge in [0.05, 0.1) is 12.1 Å². The molecule has 0 amide bonds. The summed E-state index contributed by atoms with van der Waals surface area (Å²) in [6.45, 7) is 1.95. The van der Waals surface area contributed by atoms with Crippen LogP contribution in [0.1, 0.15) is 5.69 Å². The molecule has 0 atom stereocenters. The van der Waals surface area contributed by atoms with Crippen molar-refractivity contribution in [3.05, 3.63) is 35.1 Å². The lowest BCUT2D eigenvalue weighted by atomic mass is 10.2. The van der Waals surface area contributed by atoms with Gasteiger partial charge in [0.1, 0.15) is 11.6 Å². The van der Waals surface area contributed by atoms with Crippen molar-refractivity contribution in [1.29, 1.82) is 0 Å². The first-order valence-electron chi connectivity index (χ1n) is 4.56. The molecule has 0 aliphatic rings. The van der Waals surface area contributed by atoms with E-state index in [0.29, 0.717) is 5.02 Å². The van der Waals surface area contributed by atoms with Crippen molar-refractivity contribution in [2.75, 3.05) is 7.11 Å². The van der Waals surface area contributed by atoms with Crippen molar-refractivity contribution in [3.63, 3.8) is 0 Å². The summed E-state index contributed by atoms with van der Waals surface area (Å²) in [4.78, 5) is 7.36. The summed E-state index contributed by atoms with van der Waals surface area (Å²) in [7, 11) is 1.61. The maximum absolute atomic E-state index is 6.11. The maximum Gasteiger partial charge on any atom is 0.138 e. The fraction of sp³-hybridized carbons (Fsp3) is 0.182. The molecule has 15 heavy (non-hydrogen) atoms. The highest BCUT2D eigenvalue weighted by atomic mass is 35.5. The number of hydrogen-bond donors (Lipinski definition) is 1. The van der Waals surface area contributed by atoms with Crippen LogP contribution in [0, 0.1) is 6.92 Å². The minimum atomic E-state index is 0.628. The molecular formula is C11H11ClN2O. The molecule has 0 saturated carbocycles. The Balaban J connectivity index is 2.45. The van der Waals surface area contributed by atoms with Crippen molar-refractivity contribution in [1.82, 2.24) is 9.97 Å². The topological polar surface area (TPSA) is 37.9 Å². The summed E-state index contributed by atoms with van der Waals surface area (Å²) in [6.07, 6.45) is 1.77. The lowest BCUT2D eigenvalue weighted by Crippen LogP contribution is -1.86. The van der Waals surface area contributed by atoms with Crippen LogP contribution in [0.2, 0.25) is 5.02 Å². The van der Waals surface area contributed by atoms with E-state index in [4.69, 9.17) is 16.3 Å². The Morgan fingerprint density at radius 2 is 2.20 bits per heavy atom. The van der Waals surface area contributed by atoms with Crippen molar-refractivity contribution >= 4 is 11.6 Å². The molecule has 0 spiro atoms. The fourth-order valence-electron chi connectivity index (χ4n) is 1.36. The highest BCUT2D eigenvalue weighted by molar-refractivity contribution is 6.33. The van der Waals surface area contributed by atoms with Crippen LogP contribution >= 0.6 is 11.6 Å². The second-order valence-electron chi connectivity index (χ2n) is 3.26. The standard InChI is InChI=1S/C11H11ClN2O/c1-7-6-13-11(14-7)9-4-3-8(15-2)5-10(9)12/h3-6H,1-2H3,(H,13,14). The Hall–Kier alpha value is -1.48. The van der Waals surface area contributed by atoms with Gasteiger partial charge >= 0.3 is 0 Å². The summed E-state index contributed by atoms with van der Waals surface area (Å²) >= 11 is 6.11. The summed E-state index contributed by atoms with van der Waals surface area (Å²) in [5, 5.41) is 0.628. The highest BCUT2D eigenvalue weighted by Gasteiger charge is 2.07. The molecule has 0 aliphatic carbocycles. The largest absolute Gasteiger partial charge is 0.497 e. The predicted molar refractivity (Wildman–Crippen MR) is 60.3 cm³/mol. The number of halogens is 1. The number of imidazole rings is 1. The Morgan fingerprint density at radius 1 is 1.40 bits per heavy atom. The average molecular weight is 223 g/mol. The Kier molecular flexibility index (Phi) is 2.64. The molecule has 0 unspecified atom stereocenters. The van der Waals surface area contributed by atoms with Gasteiger partial charge in [0.15, 0.2) is 0 Å². The lowest BCUT2D eigenvalue weighted by molar-refractivity contribution is 0.415. The van der Waals surface area contributed by atoms with Gasteiger partial charge in [-0.05, 0) is 25.1 Å². The minimum absolute atomic E-state index is 0.628. The van der Waals surface area contributed by atoms with Gasteiger partial charge in [-0.2, -0.15) is 0 Å². The molecule has 1 heterocycles. The normalized spacial score (nSPS) is 10.3. The van der Waals surface area contributed by atoms with E-state index in [9.17, 15) is 0 Å². The second-order valence-corrected chi connectivity index (χ2v) is 3.67. The smallest absolute Gasteiger partial charge is 0.138 e. The van der Waals surface area contributed by atoms with E-state index in [0.717, 1.165) is 22.8 Å². The van der Waals surface area contributed by atoms with E-state index in [1.165, 1.54) is 0 Å². The molecule has 78 valence electrons. The van der Waals surface area contributed by atoms with Gasteiger partial charge in [-0.25, -0.2) is 4.98 Å².